The molecule has 10 heteroatoms. The molecule has 4 rings (SSSR count). The molecule has 0 bridgehead atoms. The van der Waals surface area contributed by atoms with Crippen molar-refractivity contribution in [1.82, 2.24) is 16.0 Å². The number of unbranched alkanes of at least 4 members (excludes halogenated alkanes) is 1. The van der Waals surface area contributed by atoms with Gasteiger partial charge in [-0.15, -0.1) is 0 Å². The van der Waals surface area contributed by atoms with Crippen LogP contribution in [-0.2, 0) is 19.4 Å². The first-order valence-electron chi connectivity index (χ1n) is 18.4. The minimum Gasteiger partial charge on any atom is -0.356 e. The molecule has 0 spiro atoms. The van der Waals surface area contributed by atoms with E-state index in [1.54, 1.807) is 0 Å². The molecule has 4 unspecified atom stereocenters. The van der Waals surface area contributed by atoms with Gasteiger partial charge in [-0.25, -0.2) is 4.18 Å². The Labute approximate surface area is 274 Å². The third-order valence-electron chi connectivity index (χ3n) is 13.4. The van der Waals surface area contributed by atoms with Crippen LogP contribution in [0.25, 0.3) is 0 Å². The highest BCUT2D eigenvalue weighted by atomic mass is 32.3. The van der Waals surface area contributed by atoms with E-state index in [0.29, 0.717) is 47.8 Å². The molecule has 0 radical (unpaired) electrons. The zero-order valence-corrected chi connectivity index (χ0v) is 29.6. The Kier molecular flexibility index (Phi) is 13.6. The van der Waals surface area contributed by atoms with Gasteiger partial charge in [0.1, 0.15) is 0 Å². The maximum absolute atomic E-state index is 12.7. The van der Waals surface area contributed by atoms with Gasteiger partial charge in [-0.2, -0.15) is 8.42 Å². The lowest BCUT2D eigenvalue weighted by Gasteiger charge is -2.63. The maximum Gasteiger partial charge on any atom is 0.397 e. The predicted octanol–water partition coefficient (Wildman–Crippen LogP) is 5.31. The Balaban J connectivity index is 1.18. The quantitative estimate of drug-likeness (QED) is 0.0989. The van der Waals surface area contributed by atoms with Crippen molar-refractivity contribution in [2.75, 3.05) is 39.3 Å². The van der Waals surface area contributed by atoms with E-state index in [0.717, 1.165) is 96.1 Å². The number of nitrogens with one attached hydrogen (secondary N) is 3. The van der Waals surface area contributed by atoms with Crippen molar-refractivity contribution in [2.45, 2.75) is 124 Å². The van der Waals surface area contributed by atoms with Crippen molar-refractivity contribution in [2.24, 2.45) is 58.0 Å². The van der Waals surface area contributed by atoms with E-state index in [1.165, 1.54) is 32.1 Å². The summed E-state index contributed by atoms with van der Waals surface area (Å²) in [5, 5.41) is 10.1. The van der Waals surface area contributed by atoms with Crippen LogP contribution in [0.3, 0.4) is 0 Å². The first-order chi connectivity index (χ1) is 21.4. The summed E-state index contributed by atoms with van der Waals surface area (Å²) in [5.41, 5.74) is 6.05. The van der Waals surface area contributed by atoms with Gasteiger partial charge in [0.25, 0.3) is 0 Å². The summed E-state index contributed by atoms with van der Waals surface area (Å²) in [6.45, 7) is 15.5. The Bertz CT molecular complexity index is 1050. The maximum atomic E-state index is 12.7. The first kappa shape index (κ1) is 37.0. The van der Waals surface area contributed by atoms with Gasteiger partial charge in [0, 0.05) is 13.0 Å². The largest absolute Gasteiger partial charge is 0.397 e. The van der Waals surface area contributed by atoms with E-state index >= 15 is 0 Å². The van der Waals surface area contributed by atoms with Gasteiger partial charge in [0.2, 0.25) is 5.91 Å². The van der Waals surface area contributed by atoms with Crippen LogP contribution in [0.1, 0.15) is 118 Å². The molecule has 0 aromatic heterocycles. The molecule has 45 heavy (non-hydrogen) atoms. The van der Waals surface area contributed by atoms with E-state index in [1.807, 2.05) is 0 Å². The Morgan fingerprint density at radius 1 is 0.933 bits per heavy atom. The lowest BCUT2D eigenvalue weighted by atomic mass is 9.42. The average molecular weight is 655 g/mol. The van der Waals surface area contributed by atoms with Gasteiger partial charge >= 0.3 is 10.4 Å². The summed E-state index contributed by atoms with van der Waals surface area (Å²) in [7, 11) is -4.40. The van der Waals surface area contributed by atoms with Gasteiger partial charge in [-0.1, -0.05) is 27.7 Å². The predicted molar refractivity (Wildman–Crippen MR) is 181 cm³/mol. The van der Waals surface area contributed by atoms with Crippen LogP contribution in [0.2, 0.25) is 0 Å². The first-order valence-corrected chi connectivity index (χ1v) is 19.8. The molecular formula is C35H66N4O5S. The van der Waals surface area contributed by atoms with Gasteiger partial charge in [-0.05, 0) is 168 Å². The number of nitrogens with two attached hydrogens (primary N) is 1. The number of rotatable bonds is 18. The Morgan fingerprint density at radius 3 is 2.31 bits per heavy atom. The van der Waals surface area contributed by atoms with Gasteiger partial charge in [0.05, 0.1) is 6.10 Å². The van der Waals surface area contributed by atoms with Crippen LogP contribution < -0.4 is 21.7 Å². The second-order valence-corrected chi connectivity index (χ2v) is 16.9. The van der Waals surface area contributed by atoms with Crippen molar-refractivity contribution >= 4 is 16.3 Å². The van der Waals surface area contributed by atoms with E-state index in [-0.39, 0.29) is 17.4 Å². The second-order valence-electron chi connectivity index (χ2n) is 15.8. The number of hydrogen-bond donors (Lipinski definition) is 5. The Hall–Kier alpha value is -0.780. The highest BCUT2D eigenvalue weighted by molar-refractivity contribution is 7.80. The van der Waals surface area contributed by atoms with Crippen molar-refractivity contribution in [1.29, 1.82) is 0 Å². The molecular weight excluding hydrogens is 588 g/mol. The topological polar surface area (TPSA) is 143 Å². The van der Waals surface area contributed by atoms with E-state index in [4.69, 9.17) is 9.92 Å². The molecule has 9 nitrogen and oxygen atoms in total. The smallest absolute Gasteiger partial charge is 0.356 e. The highest BCUT2D eigenvalue weighted by Crippen LogP contribution is 2.70. The van der Waals surface area contributed by atoms with Crippen molar-refractivity contribution < 1.29 is 21.9 Å². The zero-order valence-electron chi connectivity index (χ0n) is 28.8. The van der Waals surface area contributed by atoms with E-state index < -0.39 is 10.4 Å². The Morgan fingerprint density at radius 2 is 1.62 bits per heavy atom. The normalized spacial score (nSPS) is 37.0. The van der Waals surface area contributed by atoms with E-state index in [9.17, 15) is 17.8 Å². The fraction of sp³-hybridized carbons (Fsp3) is 0.971. The number of amides is 1. The summed E-state index contributed by atoms with van der Waals surface area (Å²) >= 11 is 0. The monoisotopic (exact) mass is 654 g/mol. The molecule has 0 aliphatic heterocycles. The summed E-state index contributed by atoms with van der Waals surface area (Å²) in [5.74, 6) is 4.63. The molecule has 0 aromatic rings. The molecule has 4 aliphatic carbocycles. The number of hydrogen-bond acceptors (Lipinski definition) is 7. The summed E-state index contributed by atoms with van der Waals surface area (Å²) in [4.78, 5) is 12.7. The number of carbonyl (C=O) groups is 1. The van der Waals surface area contributed by atoms with Crippen LogP contribution in [-0.4, -0.2) is 64.3 Å². The van der Waals surface area contributed by atoms with Crippen molar-refractivity contribution in [3.8, 4) is 0 Å². The lowest BCUT2D eigenvalue weighted by molar-refractivity contribution is -0.147. The van der Waals surface area contributed by atoms with Crippen LogP contribution in [0.4, 0.5) is 0 Å². The van der Waals surface area contributed by atoms with Crippen molar-refractivity contribution in [3.63, 3.8) is 0 Å². The third kappa shape index (κ3) is 9.23. The summed E-state index contributed by atoms with van der Waals surface area (Å²) in [6, 6.07) is 0. The fourth-order valence-electron chi connectivity index (χ4n) is 10.8. The minimum absolute atomic E-state index is 0.196. The highest BCUT2D eigenvalue weighted by Gasteiger charge is 2.63. The molecule has 1 amide bonds. The average Bonchev–Trinajstić information content (AvgIpc) is 3.35. The molecule has 262 valence electrons. The molecule has 10 atom stereocenters. The molecule has 4 aliphatic rings. The third-order valence-corrected chi connectivity index (χ3v) is 13.9. The molecule has 4 fully saturated rings. The van der Waals surface area contributed by atoms with Gasteiger partial charge < -0.3 is 21.7 Å². The molecule has 0 heterocycles. The summed E-state index contributed by atoms with van der Waals surface area (Å²) in [6.07, 6.45) is 14.1. The SMILES string of the molecule is CC(CCC(=O)NCCCNCCCCNCCCN)[C@H]1CCC2C3CC[C@@H]4C[C@H](OS(=O)(=O)O)CC[C@]4(C)C3C[C@H](C)[C@@]21C. The zero-order chi connectivity index (χ0) is 32.7. The number of carbonyl (C=O) groups excluding carboxylic acids is 1. The van der Waals surface area contributed by atoms with Crippen LogP contribution >= 0.6 is 0 Å². The van der Waals surface area contributed by atoms with Crippen LogP contribution in [0, 0.1) is 52.3 Å². The lowest BCUT2D eigenvalue weighted by Crippen LogP contribution is -2.56. The van der Waals surface area contributed by atoms with Crippen LogP contribution in [0.5, 0.6) is 0 Å². The fourth-order valence-corrected chi connectivity index (χ4v) is 11.4. The molecule has 4 saturated carbocycles. The van der Waals surface area contributed by atoms with Crippen molar-refractivity contribution in [3.05, 3.63) is 0 Å². The van der Waals surface area contributed by atoms with Gasteiger partial charge in [0.15, 0.2) is 0 Å². The van der Waals surface area contributed by atoms with Gasteiger partial charge in [-0.3, -0.25) is 9.35 Å². The molecule has 0 aromatic carbocycles. The summed E-state index contributed by atoms with van der Waals surface area (Å²) < 4.78 is 37.1. The van der Waals surface area contributed by atoms with Crippen LogP contribution in [0.15, 0.2) is 0 Å². The van der Waals surface area contributed by atoms with E-state index in [2.05, 4.69) is 43.6 Å². The standard InChI is InChI=1S/C35H66N4O5S/c1-25(9-14-33(40)39-22-8-21-38-19-6-5-18-37-20-7-17-36)30-12-13-31-29-11-10-27-24-28(44-45(41,42)43)15-16-34(27,3)32(29)23-26(2)35(30,31)4/h25-32,37-38H,5-24,36H2,1-4H3,(H,39,40)(H,41,42,43)/t25?,26-,27+,28+,29?,30+,31?,32?,34-,35+/m0/s1. The second kappa shape index (κ2) is 16.6. The molecule has 6 N–H and O–H groups in total. The molecule has 0 saturated heterocycles. The number of fused-ring (bicyclic) bond motifs is 5. The minimum atomic E-state index is -4.40.